The first-order valence-corrected chi connectivity index (χ1v) is 10.9. The number of imidazole rings is 1. The van der Waals surface area contributed by atoms with E-state index in [2.05, 4.69) is 10.3 Å². The third kappa shape index (κ3) is 4.99. The van der Waals surface area contributed by atoms with E-state index in [1.807, 2.05) is 47.0 Å². The van der Waals surface area contributed by atoms with Gasteiger partial charge in [0.2, 0.25) is 5.91 Å². The lowest BCUT2D eigenvalue weighted by Crippen LogP contribution is -2.14. The van der Waals surface area contributed by atoms with Crippen LogP contribution in [-0.2, 0) is 4.79 Å². The Balaban J connectivity index is 1.66. The standard InChI is InChI=1S/C23H17ClN4O3S/c24-17-7-5-10-19(13-17)27-21(16-6-4-11-20(12-16)28(30)31)14-25-23(27)32-15-22(29)26-18-8-2-1-3-9-18/h1-14H,15H2,(H,26,29). The molecule has 0 radical (unpaired) electrons. The molecule has 0 saturated carbocycles. The van der Waals surface area contributed by atoms with Crippen LogP contribution in [0.2, 0.25) is 5.02 Å². The third-order valence-electron chi connectivity index (χ3n) is 4.54. The molecular weight excluding hydrogens is 448 g/mol. The van der Waals surface area contributed by atoms with E-state index in [0.717, 1.165) is 5.69 Å². The lowest BCUT2D eigenvalue weighted by Gasteiger charge is -2.12. The maximum Gasteiger partial charge on any atom is 0.270 e. The van der Waals surface area contributed by atoms with Crippen molar-refractivity contribution < 1.29 is 9.72 Å². The summed E-state index contributed by atoms with van der Waals surface area (Å²) in [6.07, 6.45) is 1.64. The number of anilines is 1. The van der Waals surface area contributed by atoms with Gasteiger partial charge in [0.1, 0.15) is 0 Å². The summed E-state index contributed by atoms with van der Waals surface area (Å²) < 4.78 is 1.84. The van der Waals surface area contributed by atoms with E-state index in [0.29, 0.717) is 27.1 Å². The van der Waals surface area contributed by atoms with Crippen LogP contribution in [0, 0.1) is 10.1 Å². The number of halogens is 1. The van der Waals surface area contributed by atoms with Crippen LogP contribution in [0.3, 0.4) is 0 Å². The minimum Gasteiger partial charge on any atom is -0.325 e. The molecule has 9 heteroatoms. The highest BCUT2D eigenvalue weighted by Crippen LogP contribution is 2.32. The van der Waals surface area contributed by atoms with Crippen molar-refractivity contribution in [2.75, 3.05) is 11.1 Å². The number of hydrogen-bond acceptors (Lipinski definition) is 5. The molecule has 0 bridgehead atoms. The van der Waals surface area contributed by atoms with E-state index in [4.69, 9.17) is 11.6 Å². The molecule has 0 fully saturated rings. The van der Waals surface area contributed by atoms with Gasteiger partial charge in [0.15, 0.2) is 5.16 Å². The van der Waals surface area contributed by atoms with E-state index < -0.39 is 4.92 Å². The van der Waals surface area contributed by atoms with E-state index in [1.165, 1.54) is 23.9 Å². The molecule has 1 N–H and O–H groups in total. The Bertz CT molecular complexity index is 1280. The number of nitro groups is 1. The van der Waals surface area contributed by atoms with Gasteiger partial charge < -0.3 is 5.32 Å². The molecule has 1 aromatic heterocycles. The maximum atomic E-state index is 12.4. The number of carbonyl (C=O) groups is 1. The largest absolute Gasteiger partial charge is 0.325 e. The number of aromatic nitrogens is 2. The van der Waals surface area contributed by atoms with Gasteiger partial charge in [-0.15, -0.1) is 0 Å². The SMILES string of the molecule is O=C(CSc1ncc(-c2cccc([N+](=O)[O-])c2)n1-c1cccc(Cl)c1)Nc1ccccc1. The third-order valence-corrected chi connectivity index (χ3v) is 5.73. The highest BCUT2D eigenvalue weighted by Gasteiger charge is 2.17. The van der Waals surface area contributed by atoms with Crippen LogP contribution in [0.5, 0.6) is 0 Å². The molecule has 0 aliphatic rings. The van der Waals surface area contributed by atoms with Gasteiger partial charge in [-0.2, -0.15) is 0 Å². The van der Waals surface area contributed by atoms with E-state index in [9.17, 15) is 14.9 Å². The van der Waals surface area contributed by atoms with E-state index in [1.54, 1.807) is 30.5 Å². The van der Waals surface area contributed by atoms with Crippen molar-refractivity contribution in [2.45, 2.75) is 5.16 Å². The Morgan fingerprint density at radius 1 is 1.06 bits per heavy atom. The molecule has 32 heavy (non-hydrogen) atoms. The number of nitrogens with zero attached hydrogens (tertiary/aromatic N) is 3. The summed E-state index contributed by atoms with van der Waals surface area (Å²) >= 11 is 7.47. The summed E-state index contributed by atoms with van der Waals surface area (Å²) in [5.74, 6) is -0.0281. The molecular formula is C23H17ClN4O3S. The van der Waals surface area contributed by atoms with Crippen molar-refractivity contribution >= 4 is 40.6 Å². The van der Waals surface area contributed by atoms with Crippen molar-refractivity contribution in [2.24, 2.45) is 0 Å². The summed E-state index contributed by atoms with van der Waals surface area (Å²) in [7, 11) is 0. The Hall–Kier alpha value is -3.62. The highest BCUT2D eigenvalue weighted by atomic mass is 35.5. The van der Waals surface area contributed by atoms with Crippen LogP contribution in [0.4, 0.5) is 11.4 Å². The van der Waals surface area contributed by atoms with Gasteiger partial charge in [-0.05, 0) is 30.3 Å². The summed E-state index contributed by atoms with van der Waals surface area (Å²) in [6.45, 7) is 0. The fourth-order valence-corrected chi connectivity index (χ4v) is 4.11. The first-order valence-electron chi connectivity index (χ1n) is 9.57. The van der Waals surface area contributed by atoms with Crippen molar-refractivity contribution in [1.29, 1.82) is 0 Å². The number of para-hydroxylation sites is 1. The van der Waals surface area contributed by atoms with Crippen LogP contribution in [-0.4, -0.2) is 26.1 Å². The Labute approximate surface area is 193 Å². The number of thioether (sulfide) groups is 1. The number of rotatable bonds is 7. The lowest BCUT2D eigenvalue weighted by molar-refractivity contribution is -0.384. The molecule has 0 aliphatic heterocycles. The van der Waals surface area contributed by atoms with Crippen LogP contribution < -0.4 is 5.32 Å². The average Bonchev–Trinajstić information content (AvgIpc) is 3.22. The number of nitro benzene ring substituents is 1. The van der Waals surface area contributed by atoms with E-state index >= 15 is 0 Å². The molecule has 0 atom stereocenters. The smallest absolute Gasteiger partial charge is 0.270 e. The summed E-state index contributed by atoms with van der Waals surface area (Å²) in [5.41, 5.74) is 2.73. The quantitative estimate of drug-likeness (QED) is 0.211. The number of non-ortho nitro benzene ring substituents is 1. The topological polar surface area (TPSA) is 90.1 Å². The highest BCUT2D eigenvalue weighted by molar-refractivity contribution is 7.99. The molecule has 4 aromatic rings. The number of nitrogens with one attached hydrogen (secondary N) is 1. The fourth-order valence-electron chi connectivity index (χ4n) is 3.13. The predicted molar refractivity (Wildman–Crippen MR) is 126 cm³/mol. The molecule has 4 rings (SSSR count). The minimum atomic E-state index is -0.437. The zero-order valence-electron chi connectivity index (χ0n) is 16.6. The summed E-state index contributed by atoms with van der Waals surface area (Å²) in [4.78, 5) is 27.7. The van der Waals surface area contributed by atoms with Crippen LogP contribution in [0.15, 0.2) is 90.2 Å². The second-order valence-electron chi connectivity index (χ2n) is 6.75. The number of benzene rings is 3. The maximum absolute atomic E-state index is 12.4. The second kappa shape index (κ2) is 9.67. The van der Waals surface area contributed by atoms with Crippen molar-refractivity contribution in [3.63, 3.8) is 0 Å². The predicted octanol–water partition coefficient (Wildman–Crippen LogP) is 5.83. The number of carbonyl (C=O) groups excluding carboxylic acids is 1. The molecule has 1 heterocycles. The molecule has 160 valence electrons. The molecule has 1 amide bonds. The first kappa shape index (κ1) is 21.6. The number of amides is 1. The molecule has 0 unspecified atom stereocenters. The Kier molecular flexibility index (Phi) is 6.53. The van der Waals surface area contributed by atoms with Gasteiger partial charge in [-0.3, -0.25) is 19.5 Å². The Morgan fingerprint density at radius 2 is 1.84 bits per heavy atom. The monoisotopic (exact) mass is 464 g/mol. The number of hydrogen-bond donors (Lipinski definition) is 1. The van der Waals surface area contributed by atoms with Crippen molar-refractivity contribution in [1.82, 2.24) is 9.55 Å². The molecule has 3 aromatic carbocycles. The van der Waals surface area contributed by atoms with Crippen molar-refractivity contribution in [3.8, 4) is 16.9 Å². The van der Waals surface area contributed by atoms with E-state index in [-0.39, 0.29) is 17.3 Å². The molecule has 7 nitrogen and oxygen atoms in total. The van der Waals surface area contributed by atoms with Crippen LogP contribution in [0.1, 0.15) is 0 Å². The van der Waals surface area contributed by atoms with Gasteiger partial charge >= 0.3 is 0 Å². The van der Waals surface area contributed by atoms with Gasteiger partial charge in [-0.25, -0.2) is 4.98 Å². The zero-order valence-corrected chi connectivity index (χ0v) is 18.2. The first-order chi connectivity index (χ1) is 15.5. The molecule has 0 spiro atoms. The summed E-state index contributed by atoms with van der Waals surface area (Å²) in [6, 6.07) is 22.8. The van der Waals surface area contributed by atoms with Gasteiger partial charge in [0.05, 0.1) is 22.6 Å². The zero-order chi connectivity index (χ0) is 22.5. The molecule has 0 aliphatic carbocycles. The van der Waals surface area contributed by atoms with Crippen LogP contribution >= 0.6 is 23.4 Å². The van der Waals surface area contributed by atoms with Gasteiger partial charge in [0.25, 0.3) is 5.69 Å². The van der Waals surface area contributed by atoms with Gasteiger partial charge in [0, 0.05) is 34.1 Å². The summed E-state index contributed by atoms with van der Waals surface area (Å²) in [5, 5.41) is 15.2. The second-order valence-corrected chi connectivity index (χ2v) is 8.13. The van der Waals surface area contributed by atoms with Crippen molar-refractivity contribution in [3.05, 3.63) is 100 Å². The average molecular weight is 465 g/mol. The molecule has 0 saturated heterocycles. The Morgan fingerprint density at radius 3 is 2.59 bits per heavy atom. The van der Waals surface area contributed by atoms with Gasteiger partial charge in [-0.1, -0.05) is 59.8 Å². The minimum absolute atomic E-state index is 0.0159. The normalized spacial score (nSPS) is 10.7. The lowest BCUT2D eigenvalue weighted by atomic mass is 10.1. The fraction of sp³-hybridized carbons (Fsp3) is 0.0435. The van der Waals surface area contributed by atoms with Crippen LogP contribution in [0.25, 0.3) is 16.9 Å².